The molecule has 0 saturated carbocycles. The molecule has 26 heavy (non-hydrogen) atoms. The number of hydrogen-bond acceptors (Lipinski definition) is 5. The first-order chi connectivity index (χ1) is 12.8. The van der Waals surface area contributed by atoms with Gasteiger partial charge in [-0.05, 0) is 30.7 Å². The minimum atomic E-state index is -0.0676. The number of hydrogen-bond donors (Lipinski definition) is 1. The van der Waals surface area contributed by atoms with Crippen molar-refractivity contribution in [2.75, 3.05) is 56.2 Å². The first-order valence-corrected chi connectivity index (χ1v) is 9.08. The largest absolute Gasteiger partial charge is 0.378 e. The zero-order valence-electron chi connectivity index (χ0n) is 15.2. The molecule has 1 aliphatic heterocycles. The SMILES string of the molecule is CN(CCCNC(=O)c1cccnc1N1CCOCC1)c1ccccc1. The Morgan fingerprint density at radius 3 is 2.73 bits per heavy atom. The lowest BCUT2D eigenvalue weighted by molar-refractivity contribution is 0.0951. The topological polar surface area (TPSA) is 57.7 Å². The quantitative estimate of drug-likeness (QED) is 0.773. The number of nitrogens with one attached hydrogen (secondary N) is 1. The second-order valence-electron chi connectivity index (χ2n) is 6.34. The molecular weight excluding hydrogens is 328 g/mol. The van der Waals surface area contributed by atoms with E-state index < -0.39 is 0 Å². The van der Waals surface area contributed by atoms with Crippen molar-refractivity contribution in [3.63, 3.8) is 0 Å². The first kappa shape index (κ1) is 18.2. The number of carbonyl (C=O) groups is 1. The summed E-state index contributed by atoms with van der Waals surface area (Å²) < 4.78 is 5.39. The minimum absolute atomic E-state index is 0.0676. The second kappa shape index (κ2) is 9.20. The van der Waals surface area contributed by atoms with E-state index in [1.54, 1.807) is 6.20 Å². The van der Waals surface area contributed by atoms with Gasteiger partial charge in [0.25, 0.3) is 5.91 Å². The van der Waals surface area contributed by atoms with E-state index in [1.165, 1.54) is 5.69 Å². The van der Waals surface area contributed by atoms with Gasteiger partial charge in [0, 0.05) is 45.1 Å². The zero-order chi connectivity index (χ0) is 18.2. The van der Waals surface area contributed by atoms with Crippen molar-refractivity contribution in [2.24, 2.45) is 0 Å². The maximum absolute atomic E-state index is 12.6. The van der Waals surface area contributed by atoms with E-state index in [0.717, 1.165) is 31.9 Å². The molecule has 3 rings (SSSR count). The summed E-state index contributed by atoms with van der Waals surface area (Å²) in [5.41, 5.74) is 1.81. The zero-order valence-corrected chi connectivity index (χ0v) is 15.2. The summed E-state index contributed by atoms with van der Waals surface area (Å²) in [6.07, 6.45) is 2.61. The van der Waals surface area contributed by atoms with E-state index in [-0.39, 0.29) is 5.91 Å². The fraction of sp³-hybridized carbons (Fsp3) is 0.400. The molecule has 6 nitrogen and oxygen atoms in total. The van der Waals surface area contributed by atoms with Gasteiger partial charge in [-0.15, -0.1) is 0 Å². The van der Waals surface area contributed by atoms with Crippen molar-refractivity contribution in [1.82, 2.24) is 10.3 Å². The van der Waals surface area contributed by atoms with E-state index >= 15 is 0 Å². The van der Waals surface area contributed by atoms with Crippen molar-refractivity contribution >= 4 is 17.4 Å². The van der Waals surface area contributed by atoms with Crippen molar-refractivity contribution in [2.45, 2.75) is 6.42 Å². The van der Waals surface area contributed by atoms with Crippen molar-refractivity contribution < 1.29 is 9.53 Å². The van der Waals surface area contributed by atoms with E-state index in [0.29, 0.717) is 25.3 Å². The van der Waals surface area contributed by atoms with Crippen LogP contribution in [0.2, 0.25) is 0 Å². The van der Waals surface area contributed by atoms with Gasteiger partial charge in [0.2, 0.25) is 0 Å². The number of nitrogens with zero attached hydrogens (tertiary/aromatic N) is 3. The van der Waals surface area contributed by atoms with Crippen LogP contribution in [0.4, 0.5) is 11.5 Å². The molecule has 2 heterocycles. The molecule has 0 radical (unpaired) electrons. The molecule has 1 saturated heterocycles. The highest BCUT2D eigenvalue weighted by Gasteiger charge is 2.19. The summed E-state index contributed by atoms with van der Waals surface area (Å²) in [6.45, 7) is 4.38. The Morgan fingerprint density at radius 2 is 1.96 bits per heavy atom. The number of benzene rings is 1. The number of para-hydroxylation sites is 1. The van der Waals surface area contributed by atoms with E-state index in [4.69, 9.17) is 4.74 Å². The Hall–Kier alpha value is -2.60. The molecule has 1 aliphatic rings. The van der Waals surface area contributed by atoms with Gasteiger partial charge in [0.1, 0.15) is 5.82 Å². The van der Waals surface area contributed by atoms with Crippen molar-refractivity contribution in [1.29, 1.82) is 0 Å². The van der Waals surface area contributed by atoms with Crippen molar-refractivity contribution in [3.8, 4) is 0 Å². The number of ether oxygens (including phenoxy) is 1. The van der Waals surface area contributed by atoms with Crippen LogP contribution in [-0.4, -0.2) is 57.3 Å². The molecule has 2 aromatic rings. The van der Waals surface area contributed by atoms with Gasteiger partial charge in [-0.1, -0.05) is 18.2 Å². The number of morpholine rings is 1. The standard InChI is InChI=1S/C20H26N4O2/c1-23(17-7-3-2-4-8-17)12-6-11-22-20(25)18-9-5-10-21-19(18)24-13-15-26-16-14-24/h2-5,7-10H,6,11-16H2,1H3,(H,22,25). The third kappa shape index (κ3) is 4.73. The van der Waals surface area contributed by atoms with Crippen LogP contribution in [0.3, 0.4) is 0 Å². The maximum atomic E-state index is 12.6. The smallest absolute Gasteiger partial charge is 0.255 e. The third-order valence-electron chi connectivity index (χ3n) is 4.49. The Balaban J connectivity index is 1.51. The van der Waals surface area contributed by atoms with Crippen LogP contribution < -0.4 is 15.1 Å². The second-order valence-corrected chi connectivity index (χ2v) is 6.34. The molecule has 0 bridgehead atoms. The highest BCUT2D eigenvalue weighted by atomic mass is 16.5. The van der Waals surface area contributed by atoms with Crippen LogP contribution in [0.25, 0.3) is 0 Å². The molecular formula is C20H26N4O2. The number of amides is 1. The lowest BCUT2D eigenvalue weighted by Crippen LogP contribution is -2.38. The number of carbonyl (C=O) groups excluding carboxylic acids is 1. The Kier molecular flexibility index (Phi) is 6.44. The van der Waals surface area contributed by atoms with Crippen LogP contribution >= 0.6 is 0 Å². The molecule has 0 aliphatic carbocycles. The van der Waals surface area contributed by atoms with Gasteiger partial charge < -0.3 is 19.9 Å². The average molecular weight is 354 g/mol. The van der Waals surface area contributed by atoms with Crippen LogP contribution in [0.15, 0.2) is 48.7 Å². The summed E-state index contributed by atoms with van der Waals surface area (Å²) >= 11 is 0. The normalized spacial score (nSPS) is 14.1. The molecule has 0 unspecified atom stereocenters. The maximum Gasteiger partial charge on any atom is 0.255 e. The average Bonchev–Trinajstić information content (AvgIpc) is 2.72. The number of rotatable bonds is 7. The fourth-order valence-corrected chi connectivity index (χ4v) is 3.03. The molecule has 1 N–H and O–H groups in total. The monoisotopic (exact) mass is 354 g/mol. The van der Waals surface area contributed by atoms with Crippen LogP contribution in [0, 0.1) is 0 Å². The highest BCUT2D eigenvalue weighted by Crippen LogP contribution is 2.18. The lowest BCUT2D eigenvalue weighted by Gasteiger charge is -2.29. The van der Waals surface area contributed by atoms with E-state index in [2.05, 4.69) is 39.3 Å². The number of pyridine rings is 1. The molecule has 1 aromatic carbocycles. The minimum Gasteiger partial charge on any atom is -0.378 e. The van der Waals surface area contributed by atoms with Gasteiger partial charge in [0.05, 0.1) is 18.8 Å². The van der Waals surface area contributed by atoms with Crippen LogP contribution in [0.1, 0.15) is 16.8 Å². The summed E-state index contributed by atoms with van der Waals surface area (Å²) in [7, 11) is 2.06. The Labute approximate surface area is 154 Å². The predicted octanol–water partition coefficient (Wildman–Crippen LogP) is 2.17. The first-order valence-electron chi connectivity index (χ1n) is 9.08. The van der Waals surface area contributed by atoms with Gasteiger partial charge in [-0.25, -0.2) is 4.98 Å². The molecule has 1 fully saturated rings. The van der Waals surface area contributed by atoms with E-state index in [1.807, 2.05) is 30.3 Å². The van der Waals surface area contributed by atoms with Gasteiger partial charge in [0.15, 0.2) is 0 Å². The van der Waals surface area contributed by atoms with Crippen molar-refractivity contribution in [3.05, 3.63) is 54.2 Å². The summed E-state index contributed by atoms with van der Waals surface area (Å²) in [5, 5.41) is 3.02. The molecule has 1 amide bonds. The van der Waals surface area contributed by atoms with Crippen LogP contribution in [0.5, 0.6) is 0 Å². The molecule has 0 spiro atoms. The lowest BCUT2D eigenvalue weighted by atomic mass is 10.2. The van der Waals surface area contributed by atoms with Gasteiger partial charge in [-0.2, -0.15) is 0 Å². The highest BCUT2D eigenvalue weighted by molar-refractivity contribution is 5.98. The Morgan fingerprint density at radius 1 is 1.19 bits per heavy atom. The number of aromatic nitrogens is 1. The molecule has 6 heteroatoms. The molecule has 138 valence electrons. The third-order valence-corrected chi connectivity index (χ3v) is 4.49. The summed E-state index contributed by atoms with van der Waals surface area (Å²) in [6, 6.07) is 13.9. The van der Waals surface area contributed by atoms with Gasteiger partial charge >= 0.3 is 0 Å². The number of anilines is 2. The predicted molar refractivity (Wildman–Crippen MR) is 104 cm³/mol. The Bertz CT molecular complexity index is 702. The van der Waals surface area contributed by atoms with Gasteiger partial charge in [-0.3, -0.25) is 4.79 Å². The van der Waals surface area contributed by atoms with Crippen LogP contribution in [-0.2, 0) is 4.74 Å². The summed E-state index contributed by atoms with van der Waals surface area (Å²) in [5.74, 6) is 0.677. The molecule has 0 atom stereocenters. The van der Waals surface area contributed by atoms with E-state index in [9.17, 15) is 4.79 Å². The summed E-state index contributed by atoms with van der Waals surface area (Å²) in [4.78, 5) is 21.3. The molecule has 1 aromatic heterocycles. The fourth-order valence-electron chi connectivity index (χ4n) is 3.03.